The third kappa shape index (κ3) is 7.02. The molecule has 4 nitrogen and oxygen atoms in total. The number of hydrogen-bond acceptors (Lipinski definition) is 4. The lowest BCUT2D eigenvalue weighted by Crippen LogP contribution is -2.15. The predicted molar refractivity (Wildman–Crippen MR) is 74.9 cm³/mol. The zero-order valence-electron chi connectivity index (χ0n) is 11.0. The van der Waals surface area contributed by atoms with Crippen LogP contribution in [-0.2, 0) is 16.1 Å². The van der Waals surface area contributed by atoms with Crippen molar-refractivity contribution >= 4 is 11.7 Å². The van der Waals surface area contributed by atoms with Gasteiger partial charge in [-0.1, -0.05) is 42.2 Å². The van der Waals surface area contributed by atoms with E-state index in [4.69, 9.17) is 10.1 Å². The number of esters is 1. The second kappa shape index (κ2) is 8.90. The number of rotatable bonds is 6. The monoisotopic (exact) mass is 258 g/mol. The van der Waals surface area contributed by atoms with Crippen LogP contribution in [0.25, 0.3) is 0 Å². The maximum atomic E-state index is 11.4. The summed E-state index contributed by atoms with van der Waals surface area (Å²) in [6.45, 7) is 0.744. The Labute approximate surface area is 113 Å². The lowest BCUT2D eigenvalue weighted by Gasteiger charge is -2.03. The maximum Gasteiger partial charge on any atom is 0.307 e. The van der Waals surface area contributed by atoms with Crippen molar-refractivity contribution in [3.05, 3.63) is 35.9 Å². The van der Waals surface area contributed by atoms with E-state index >= 15 is 0 Å². The Morgan fingerprint density at radius 3 is 2.79 bits per heavy atom. The van der Waals surface area contributed by atoms with E-state index in [2.05, 4.69) is 17.2 Å². The van der Waals surface area contributed by atoms with Crippen LogP contribution in [-0.4, -0.2) is 25.3 Å². The van der Waals surface area contributed by atoms with Crippen molar-refractivity contribution in [3.63, 3.8) is 0 Å². The topological polar surface area (TPSA) is 62.2 Å². The molecular weight excluding hydrogens is 240 g/mol. The molecule has 0 aliphatic heterocycles. The molecule has 0 spiro atoms. The highest BCUT2D eigenvalue weighted by atomic mass is 16.5. The van der Waals surface area contributed by atoms with Gasteiger partial charge in [-0.15, -0.1) is 0 Å². The smallest absolute Gasteiger partial charge is 0.307 e. The molecule has 100 valence electrons. The van der Waals surface area contributed by atoms with Crippen molar-refractivity contribution in [1.29, 1.82) is 5.41 Å². The summed E-state index contributed by atoms with van der Waals surface area (Å²) < 4.78 is 5.11. The fourth-order valence-corrected chi connectivity index (χ4v) is 1.36. The largest absolute Gasteiger partial charge is 0.461 e. The molecule has 0 aliphatic rings. The Bertz CT molecular complexity index is 472. The molecule has 0 unspecified atom stereocenters. The molecule has 0 saturated carbocycles. The van der Waals surface area contributed by atoms with E-state index in [1.54, 1.807) is 7.05 Å². The summed E-state index contributed by atoms with van der Waals surface area (Å²) in [6.07, 6.45) is 0.673. The fraction of sp³-hybridized carbons (Fsp3) is 0.333. The molecule has 0 radical (unpaired) electrons. The van der Waals surface area contributed by atoms with E-state index in [9.17, 15) is 4.79 Å². The zero-order valence-corrected chi connectivity index (χ0v) is 11.0. The molecule has 0 heterocycles. The van der Waals surface area contributed by atoms with Gasteiger partial charge in [0.2, 0.25) is 0 Å². The van der Waals surface area contributed by atoms with Crippen LogP contribution in [0.15, 0.2) is 30.3 Å². The maximum absolute atomic E-state index is 11.4. The zero-order chi connectivity index (χ0) is 13.9. The third-order valence-corrected chi connectivity index (χ3v) is 2.29. The molecule has 0 bridgehead atoms. The molecule has 0 saturated heterocycles. The van der Waals surface area contributed by atoms with Crippen molar-refractivity contribution in [1.82, 2.24) is 5.32 Å². The van der Waals surface area contributed by atoms with Gasteiger partial charge < -0.3 is 10.1 Å². The van der Waals surface area contributed by atoms with Crippen LogP contribution < -0.4 is 5.32 Å². The highest BCUT2D eigenvalue weighted by molar-refractivity contribution is 5.99. The minimum absolute atomic E-state index is 0.257. The van der Waals surface area contributed by atoms with Crippen LogP contribution in [0.4, 0.5) is 0 Å². The number of ether oxygens (including phenoxy) is 1. The minimum Gasteiger partial charge on any atom is -0.461 e. The average molecular weight is 258 g/mol. The Balaban J connectivity index is 2.20. The summed E-state index contributed by atoms with van der Waals surface area (Å²) in [6, 6.07) is 9.55. The molecule has 0 aliphatic carbocycles. The summed E-state index contributed by atoms with van der Waals surface area (Å²) in [5.41, 5.74) is 1.29. The van der Waals surface area contributed by atoms with E-state index in [1.165, 1.54) is 0 Å². The van der Waals surface area contributed by atoms with Crippen molar-refractivity contribution in [2.45, 2.75) is 19.4 Å². The Morgan fingerprint density at radius 1 is 1.37 bits per heavy atom. The highest BCUT2D eigenvalue weighted by Gasteiger charge is 2.01. The van der Waals surface area contributed by atoms with Crippen LogP contribution in [0.1, 0.15) is 18.4 Å². The SMILES string of the molecule is CNCC(=N)C#CCCC(=O)OCc1ccccc1. The first kappa shape index (κ1) is 14.9. The number of carbonyl (C=O) groups is 1. The molecule has 1 rings (SSSR count). The fourth-order valence-electron chi connectivity index (χ4n) is 1.36. The summed E-state index contributed by atoms with van der Waals surface area (Å²) in [5, 5.41) is 10.3. The predicted octanol–water partition coefficient (Wildman–Crippen LogP) is 1.75. The second-order valence-corrected chi connectivity index (χ2v) is 3.96. The first-order chi connectivity index (χ1) is 9.22. The average Bonchev–Trinajstić information content (AvgIpc) is 2.43. The summed E-state index contributed by atoms with van der Waals surface area (Å²) in [4.78, 5) is 11.4. The van der Waals surface area contributed by atoms with E-state index in [0.717, 1.165) is 5.56 Å². The van der Waals surface area contributed by atoms with Gasteiger partial charge in [-0.2, -0.15) is 0 Å². The molecule has 0 aromatic heterocycles. The van der Waals surface area contributed by atoms with Crippen molar-refractivity contribution in [3.8, 4) is 11.8 Å². The van der Waals surface area contributed by atoms with E-state index in [-0.39, 0.29) is 12.4 Å². The molecule has 0 fully saturated rings. The van der Waals surface area contributed by atoms with Gasteiger partial charge in [-0.05, 0) is 12.6 Å². The summed E-state index contributed by atoms with van der Waals surface area (Å²) >= 11 is 0. The molecule has 0 atom stereocenters. The van der Waals surface area contributed by atoms with Gasteiger partial charge in [-0.3, -0.25) is 10.2 Å². The Hall–Kier alpha value is -2.12. The number of carbonyl (C=O) groups excluding carboxylic acids is 1. The number of hydrogen-bond donors (Lipinski definition) is 2. The minimum atomic E-state index is -0.265. The van der Waals surface area contributed by atoms with Crippen molar-refractivity contribution in [2.75, 3.05) is 13.6 Å². The van der Waals surface area contributed by atoms with Gasteiger partial charge in [0.05, 0.1) is 12.1 Å². The van der Waals surface area contributed by atoms with Gasteiger partial charge in [0.25, 0.3) is 0 Å². The Morgan fingerprint density at radius 2 is 2.11 bits per heavy atom. The van der Waals surface area contributed by atoms with Gasteiger partial charge in [-0.25, -0.2) is 0 Å². The van der Waals surface area contributed by atoms with Gasteiger partial charge >= 0.3 is 5.97 Å². The van der Waals surface area contributed by atoms with Gasteiger partial charge in [0.1, 0.15) is 6.61 Å². The van der Waals surface area contributed by atoms with Crippen LogP contribution in [0.5, 0.6) is 0 Å². The van der Waals surface area contributed by atoms with Crippen molar-refractivity contribution < 1.29 is 9.53 Å². The quantitative estimate of drug-likeness (QED) is 0.464. The normalized spacial score (nSPS) is 9.32. The third-order valence-electron chi connectivity index (χ3n) is 2.29. The summed E-state index contributed by atoms with van der Waals surface area (Å²) in [5.74, 6) is 5.19. The molecule has 0 amide bonds. The van der Waals surface area contributed by atoms with Gasteiger partial charge in [0.15, 0.2) is 0 Å². The van der Waals surface area contributed by atoms with Crippen molar-refractivity contribution in [2.24, 2.45) is 0 Å². The first-order valence-electron chi connectivity index (χ1n) is 6.13. The molecule has 19 heavy (non-hydrogen) atoms. The lowest BCUT2D eigenvalue weighted by atomic mass is 10.2. The highest BCUT2D eigenvalue weighted by Crippen LogP contribution is 2.02. The molecular formula is C15H18N2O2. The van der Waals surface area contributed by atoms with Crippen LogP contribution in [0, 0.1) is 17.3 Å². The van der Waals surface area contributed by atoms with E-state index in [0.29, 0.717) is 25.3 Å². The molecule has 1 aromatic rings. The standard InChI is InChI=1S/C15H18N2O2/c1-17-11-14(16)9-5-6-10-15(18)19-12-13-7-3-2-4-8-13/h2-4,7-8,16-17H,6,10-12H2,1H3. The second-order valence-electron chi connectivity index (χ2n) is 3.96. The number of nitrogens with one attached hydrogen (secondary N) is 2. The van der Waals surface area contributed by atoms with E-state index in [1.807, 2.05) is 30.3 Å². The molecule has 2 N–H and O–H groups in total. The lowest BCUT2D eigenvalue weighted by molar-refractivity contribution is -0.144. The van der Waals surface area contributed by atoms with E-state index < -0.39 is 0 Å². The summed E-state index contributed by atoms with van der Waals surface area (Å²) in [7, 11) is 1.76. The first-order valence-corrected chi connectivity index (χ1v) is 6.13. The Kier molecular flexibility index (Phi) is 7.00. The van der Waals surface area contributed by atoms with Crippen LogP contribution in [0.3, 0.4) is 0 Å². The number of benzene rings is 1. The van der Waals surface area contributed by atoms with Crippen LogP contribution >= 0.6 is 0 Å². The van der Waals surface area contributed by atoms with Gasteiger partial charge in [0, 0.05) is 13.0 Å². The molecule has 4 heteroatoms. The van der Waals surface area contributed by atoms with Crippen LogP contribution in [0.2, 0.25) is 0 Å². The molecule has 1 aromatic carbocycles.